The van der Waals surface area contributed by atoms with Gasteiger partial charge in [0, 0.05) is 21.5 Å². The summed E-state index contributed by atoms with van der Waals surface area (Å²) in [5, 5.41) is 2.52. The van der Waals surface area contributed by atoms with E-state index in [1.165, 1.54) is 0 Å². The van der Waals surface area contributed by atoms with Crippen molar-refractivity contribution < 1.29 is 28.5 Å². The molecule has 0 heterocycles. The molecule has 0 aromatic heterocycles. The molecule has 0 spiro atoms. The van der Waals surface area contributed by atoms with Crippen molar-refractivity contribution in [1.82, 2.24) is 0 Å². The zero-order chi connectivity index (χ0) is 25.0. The third-order valence-electron chi connectivity index (χ3n) is 5.27. The summed E-state index contributed by atoms with van der Waals surface area (Å²) >= 11 is 0. The second-order valence-corrected chi connectivity index (χ2v) is 7.99. The van der Waals surface area contributed by atoms with Crippen LogP contribution in [0.15, 0.2) is 66.8 Å². The van der Waals surface area contributed by atoms with Gasteiger partial charge in [0.15, 0.2) is 0 Å². The summed E-state index contributed by atoms with van der Waals surface area (Å²) in [5.41, 5.74) is 0.965. The van der Waals surface area contributed by atoms with Crippen LogP contribution in [0.5, 0.6) is 11.5 Å². The van der Waals surface area contributed by atoms with Crippen molar-refractivity contribution in [2.75, 3.05) is 13.2 Å². The minimum atomic E-state index is -0.782. The van der Waals surface area contributed by atoms with Crippen LogP contribution in [0.25, 0.3) is 21.5 Å². The Hall–Kier alpha value is -3.80. The van der Waals surface area contributed by atoms with Crippen LogP contribution in [-0.4, -0.2) is 25.5 Å². The molecule has 3 aromatic carbocycles. The lowest BCUT2D eigenvalue weighted by atomic mass is 9.99. The molecule has 3 rings (SSSR count). The van der Waals surface area contributed by atoms with Crippen molar-refractivity contribution >= 4 is 33.9 Å². The zero-order valence-electron chi connectivity index (χ0n) is 20.5. The van der Waals surface area contributed by atoms with E-state index in [9.17, 15) is 9.59 Å². The van der Waals surface area contributed by atoms with Gasteiger partial charge in [0.2, 0.25) is 0 Å². The normalized spacial score (nSPS) is 11.4. The highest BCUT2D eigenvalue weighted by Gasteiger charge is 2.21. The van der Waals surface area contributed by atoms with Crippen molar-refractivity contribution in [1.29, 1.82) is 0 Å². The van der Waals surface area contributed by atoms with E-state index in [4.69, 9.17) is 18.9 Å². The topological polar surface area (TPSA) is 71.1 Å². The van der Waals surface area contributed by atoms with Crippen molar-refractivity contribution in [3.8, 4) is 11.5 Å². The highest BCUT2D eigenvalue weighted by Crippen LogP contribution is 2.43. The number of carbonyl (C=O) groups is 2. The number of benzene rings is 3. The maximum absolute atomic E-state index is 12.5. The van der Waals surface area contributed by atoms with Crippen LogP contribution in [0.1, 0.15) is 45.1 Å². The first-order chi connectivity index (χ1) is 17.0. The monoisotopic (exact) mass is 476 g/mol. The number of carbonyl (C=O) groups excluding carboxylic acids is 2. The molecule has 184 valence electrons. The molecule has 6 nitrogen and oxygen atoms in total. The molecule has 0 radical (unpaired) electrons. The van der Waals surface area contributed by atoms with Crippen molar-refractivity contribution in [3.05, 3.63) is 72.3 Å². The lowest BCUT2D eigenvalue weighted by Crippen LogP contribution is -2.13. The average Bonchev–Trinajstić information content (AvgIpc) is 2.85. The van der Waals surface area contributed by atoms with Gasteiger partial charge in [-0.3, -0.25) is 0 Å². The van der Waals surface area contributed by atoms with E-state index in [-0.39, 0.29) is 13.2 Å². The maximum atomic E-state index is 12.5. The lowest BCUT2D eigenvalue weighted by molar-refractivity contribution is 0.0999. The average molecular weight is 477 g/mol. The number of fused-ring (bicyclic) bond motifs is 2. The fourth-order valence-electron chi connectivity index (χ4n) is 3.65. The molecule has 0 amide bonds. The first-order valence-corrected chi connectivity index (χ1v) is 12.0. The van der Waals surface area contributed by atoms with Gasteiger partial charge < -0.3 is 18.9 Å². The minimum absolute atomic E-state index is 0.227. The molecule has 0 saturated carbocycles. The van der Waals surface area contributed by atoms with E-state index in [1.807, 2.05) is 87.5 Å². The second kappa shape index (κ2) is 13.2. The van der Waals surface area contributed by atoms with Crippen LogP contribution in [-0.2, 0) is 9.47 Å². The summed E-state index contributed by atoms with van der Waals surface area (Å²) < 4.78 is 21.9. The SMILES string of the molecule is CC/C=C/CCOC(=O)Oc1c2ccccc2c(OC(=O)OCC/C=C/CC)c2cc(C)ccc12. The van der Waals surface area contributed by atoms with Crippen LogP contribution in [0, 0.1) is 6.92 Å². The highest BCUT2D eigenvalue weighted by molar-refractivity contribution is 6.12. The Bertz CT molecular complexity index is 1220. The molecule has 0 fully saturated rings. The fraction of sp³-hybridized carbons (Fsp3) is 0.310. The van der Waals surface area contributed by atoms with Gasteiger partial charge in [0.1, 0.15) is 11.5 Å². The first-order valence-electron chi connectivity index (χ1n) is 12.0. The van der Waals surface area contributed by atoms with Crippen LogP contribution in [0.2, 0.25) is 0 Å². The molecule has 0 unspecified atom stereocenters. The molecule has 0 bridgehead atoms. The van der Waals surface area contributed by atoms with E-state index in [0.717, 1.165) is 18.4 Å². The van der Waals surface area contributed by atoms with Gasteiger partial charge in [-0.15, -0.1) is 0 Å². The zero-order valence-corrected chi connectivity index (χ0v) is 20.5. The molecule has 0 aliphatic carbocycles. The van der Waals surface area contributed by atoms with Crippen LogP contribution in [0.4, 0.5) is 9.59 Å². The fourth-order valence-corrected chi connectivity index (χ4v) is 3.65. The summed E-state index contributed by atoms with van der Waals surface area (Å²) in [6.45, 7) is 6.48. The Balaban J connectivity index is 1.92. The molecule has 0 N–H and O–H groups in total. The highest BCUT2D eigenvalue weighted by atomic mass is 16.7. The number of aryl methyl sites for hydroxylation is 1. The molecular formula is C29H32O6. The van der Waals surface area contributed by atoms with E-state index in [2.05, 4.69) is 0 Å². The Morgan fingerprint density at radius 1 is 0.686 bits per heavy atom. The van der Waals surface area contributed by atoms with Gasteiger partial charge in [-0.25, -0.2) is 9.59 Å². The smallest absolute Gasteiger partial charge is 0.434 e. The van der Waals surface area contributed by atoms with Gasteiger partial charge in [-0.2, -0.15) is 0 Å². The molecule has 0 aliphatic heterocycles. The maximum Gasteiger partial charge on any atom is 0.513 e. The molecule has 35 heavy (non-hydrogen) atoms. The van der Waals surface area contributed by atoms with E-state index < -0.39 is 12.3 Å². The summed E-state index contributed by atoms with van der Waals surface area (Å²) in [4.78, 5) is 25.0. The summed E-state index contributed by atoms with van der Waals surface area (Å²) in [5.74, 6) is 0.717. The molecule has 0 aliphatic rings. The molecular weight excluding hydrogens is 444 g/mol. The molecule has 0 atom stereocenters. The van der Waals surface area contributed by atoms with E-state index >= 15 is 0 Å². The Kier molecular flexibility index (Phi) is 9.72. The van der Waals surface area contributed by atoms with Gasteiger partial charge in [0.05, 0.1) is 13.2 Å². The van der Waals surface area contributed by atoms with Crippen LogP contribution < -0.4 is 9.47 Å². The Morgan fingerprint density at radius 3 is 1.69 bits per heavy atom. The van der Waals surface area contributed by atoms with Crippen molar-refractivity contribution in [3.63, 3.8) is 0 Å². The van der Waals surface area contributed by atoms with E-state index in [0.29, 0.717) is 45.9 Å². The molecule has 0 saturated heterocycles. The van der Waals surface area contributed by atoms with Crippen molar-refractivity contribution in [2.24, 2.45) is 0 Å². The summed E-state index contributed by atoms with van der Waals surface area (Å²) in [6, 6.07) is 12.9. The van der Waals surface area contributed by atoms with E-state index in [1.54, 1.807) is 0 Å². The Labute approximate surface area is 206 Å². The number of rotatable bonds is 10. The van der Waals surface area contributed by atoms with Gasteiger partial charge in [-0.05, 0) is 38.7 Å². The predicted octanol–water partition coefficient (Wildman–Crippen LogP) is 8.04. The molecule has 6 heteroatoms. The second-order valence-electron chi connectivity index (χ2n) is 7.99. The molecule has 3 aromatic rings. The minimum Gasteiger partial charge on any atom is -0.434 e. The largest absolute Gasteiger partial charge is 0.513 e. The number of hydrogen-bond acceptors (Lipinski definition) is 6. The number of hydrogen-bond donors (Lipinski definition) is 0. The lowest BCUT2D eigenvalue weighted by Gasteiger charge is -2.16. The summed E-state index contributed by atoms with van der Waals surface area (Å²) in [6.07, 6.45) is 9.50. The van der Waals surface area contributed by atoms with Crippen molar-refractivity contribution in [2.45, 2.75) is 46.5 Å². The number of ether oxygens (including phenoxy) is 4. The van der Waals surface area contributed by atoms with Crippen LogP contribution in [0.3, 0.4) is 0 Å². The predicted molar refractivity (Wildman–Crippen MR) is 138 cm³/mol. The Morgan fingerprint density at radius 2 is 1.17 bits per heavy atom. The third kappa shape index (κ3) is 7.09. The third-order valence-corrected chi connectivity index (χ3v) is 5.27. The summed E-state index contributed by atoms with van der Waals surface area (Å²) in [7, 11) is 0. The van der Waals surface area contributed by atoms with Gasteiger partial charge in [0.25, 0.3) is 0 Å². The number of allylic oxidation sites excluding steroid dienone is 2. The van der Waals surface area contributed by atoms with Crippen LogP contribution >= 0.6 is 0 Å². The standard InChI is InChI=1S/C29H32O6/c1-4-6-8-12-18-32-28(30)34-26-22-14-10-11-15-23(22)27(25-20-21(3)16-17-24(25)26)35-29(31)33-19-13-9-7-5-2/h6-11,14-17,20H,4-5,12-13,18-19H2,1-3H3/b8-6+,9-7+. The van der Waals surface area contributed by atoms with Gasteiger partial charge in [-0.1, -0.05) is 80.1 Å². The van der Waals surface area contributed by atoms with Gasteiger partial charge >= 0.3 is 12.3 Å². The quantitative estimate of drug-likeness (QED) is 0.0969. The first kappa shape index (κ1) is 25.8.